The van der Waals surface area contributed by atoms with E-state index in [9.17, 15) is 9.90 Å². The number of hydrogen-bond acceptors (Lipinski definition) is 4. The first-order valence-corrected chi connectivity index (χ1v) is 7.37. The Morgan fingerprint density at radius 1 is 1.23 bits per heavy atom. The Morgan fingerprint density at radius 2 is 2.05 bits per heavy atom. The summed E-state index contributed by atoms with van der Waals surface area (Å²) in [5, 5.41) is 12.4. The highest BCUT2D eigenvalue weighted by Gasteiger charge is 2.33. The van der Waals surface area contributed by atoms with Crippen LogP contribution in [0.15, 0.2) is 48.7 Å². The number of pyridine rings is 1. The van der Waals surface area contributed by atoms with Crippen LogP contribution < -0.4 is 5.32 Å². The molecule has 5 heteroatoms. The second kappa shape index (κ2) is 6.58. The maximum Gasteiger partial charge on any atom is 0.231 e. The number of carbonyl (C=O) groups excluding carboxylic acids is 1. The van der Waals surface area contributed by atoms with Crippen LogP contribution >= 0.6 is 0 Å². The van der Waals surface area contributed by atoms with Crippen LogP contribution in [0.5, 0.6) is 5.75 Å². The number of nitrogens with zero attached hydrogens (tertiary/aromatic N) is 1. The number of aromatic nitrogens is 1. The summed E-state index contributed by atoms with van der Waals surface area (Å²) < 4.78 is 5.82. The molecule has 0 bridgehead atoms. The molecule has 0 unspecified atom stereocenters. The van der Waals surface area contributed by atoms with E-state index in [1.165, 1.54) is 12.3 Å². The summed E-state index contributed by atoms with van der Waals surface area (Å²) in [6.07, 6.45) is 2.86. The Labute approximate surface area is 129 Å². The van der Waals surface area contributed by atoms with Crippen molar-refractivity contribution < 1.29 is 14.6 Å². The number of rotatable bonds is 3. The molecule has 2 N–H and O–H groups in total. The number of benzene rings is 1. The lowest BCUT2D eigenvalue weighted by Gasteiger charge is -2.31. The molecule has 1 aromatic heterocycles. The zero-order valence-corrected chi connectivity index (χ0v) is 12.1. The molecule has 0 spiro atoms. The minimum atomic E-state index is -0.294. The van der Waals surface area contributed by atoms with Gasteiger partial charge in [0.05, 0.1) is 12.0 Å². The molecule has 114 valence electrons. The number of anilines is 1. The van der Waals surface area contributed by atoms with Gasteiger partial charge in [-0.2, -0.15) is 0 Å². The van der Waals surface area contributed by atoms with Gasteiger partial charge >= 0.3 is 0 Å². The molecule has 1 aliphatic heterocycles. The van der Waals surface area contributed by atoms with Gasteiger partial charge in [-0.3, -0.25) is 4.79 Å². The van der Waals surface area contributed by atoms with Gasteiger partial charge in [0.1, 0.15) is 0 Å². The molecule has 0 radical (unpaired) electrons. The molecule has 2 atom stereocenters. The molecule has 2 aromatic rings. The third-order valence-electron chi connectivity index (χ3n) is 3.82. The zero-order chi connectivity index (χ0) is 15.4. The van der Waals surface area contributed by atoms with E-state index in [1.54, 1.807) is 6.07 Å². The van der Waals surface area contributed by atoms with E-state index in [2.05, 4.69) is 10.3 Å². The highest BCUT2D eigenvalue weighted by Crippen LogP contribution is 2.34. The standard InChI is InChI=1S/C17H18N2O3/c20-14-9-4-10-18-16(14)19-17(21)13-8-5-11-22-15(13)12-6-2-1-3-7-12/h1-4,6-7,9-10,13,15,20H,5,8,11H2,(H,18,19,21)/t13-,15-/m1/s1. The largest absolute Gasteiger partial charge is 0.504 e. The van der Waals surface area contributed by atoms with E-state index in [0.29, 0.717) is 6.61 Å². The molecule has 1 aliphatic rings. The summed E-state index contributed by atoms with van der Waals surface area (Å²) in [6.45, 7) is 0.651. The molecule has 1 amide bonds. The third-order valence-corrected chi connectivity index (χ3v) is 3.82. The van der Waals surface area contributed by atoms with E-state index < -0.39 is 0 Å². The number of nitrogens with one attached hydrogen (secondary N) is 1. The monoisotopic (exact) mass is 298 g/mol. The SMILES string of the molecule is O=C(Nc1ncccc1O)[C@@H]1CCCO[C@@H]1c1ccccc1. The van der Waals surface area contributed by atoms with Gasteiger partial charge in [0, 0.05) is 12.8 Å². The molecule has 1 aromatic carbocycles. The summed E-state index contributed by atoms with van der Waals surface area (Å²) in [4.78, 5) is 16.5. The number of carbonyl (C=O) groups is 1. The van der Waals surface area contributed by atoms with Crippen LogP contribution in [0, 0.1) is 5.92 Å². The van der Waals surface area contributed by atoms with Crippen LogP contribution in [0.3, 0.4) is 0 Å². The lowest BCUT2D eigenvalue weighted by Crippen LogP contribution is -2.33. The van der Waals surface area contributed by atoms with E-state index in [0.717, 1.165) is 18.4 Å². The van der Waals surface area contributed by atoms with E-state index in [-0.39, 0.29) is 29.5 Å². The highest BCUT2D eigenvalue weighted by molar-refractivity contribution is 5.93. The molecule has 5 nitrogen and oxygen atoms in total. The van der Waals surface area contributed by atoms with Crippen molar-refractivity contribution in [1.82, 2.24) is 4.98 Å². The Morgan fingerprint density at radius 3 is 2.82 bits per heavy atom. The molecule has 0 aliphatic carbocycles. The van der Waals surface area contributed by atoms with Crippen LogP contribution in [0.4, 0.5) is 5.82 Å². The van der Waals surface area contributed by atoms with Crippen molar-refractivity contribution in [2.45, 2.75) is 18.9 Å². The van der Waals surface area contributed by atoms with Crippen molar-refractivity contribution in [3.05, 3.63) is 54.2 Å². The Balaban J connectivity index is 1.79. The summed E-state index contributed by atoms with van der Waals surface area (Å²) in [7, 11) is 0. The highest BCUT2D eigenvalue weighted by atomic mass is 16.5. The molecule has 2 heterocycles. The van der Waals surface area contributed by atoms with Crippen LogP contribution in [0.1, 0.15) is 24.5 Å². The Hall–Kier alpha value is -2.40. The first kappa shape index (κ1) is 14.5. The van der Waals surface area contributed by atoms with Crippen molar-refractivity contribution >= 4 is 11.7 Å². The normalized spacial score (nSPS) is 21.3. The van der Waals surface area contributed by atoms with E-state index in [4.69, 9.17) is 4.74 Å². The van der Waals surface area contributed by atoms with Gasteiger partial charge in [0.25, 0.3) is 0 Å². The summed E-state index contributed by atoms with van der Waals surface area (Å²) in [5.41, 5.74) is 0.993. The van der Waals surface area contributed by atoms with Crippen LogP contribution in [0.25, 0.3) is 0 Å². The topological polar surface area (TPSA) is 71.5 Å². The number of aromatic hydroxyl groups is 1. The summed E-state index contributed by atoms with van der Waals surface area (Å²) >= 11 is 0. The smallest absolute Gasteiger partial charge is 0.231 e. The lowest BCUT2D eigenvalue weighted by atomic mass is 9.89. The average Bonchev–Trinajstić information content (AvgIpc) is 2.58. The third kappa shape index (κ3) is 3.09. The predicted octanol–water partition coefficient (Wildman–Crippen LogP) is 2.89. The Bertz CT molecular complexity index is 645. The molecule has 1 saturated heterocycles. The minimum Gasteiger partial charge on any atom is -0.504 e. The van der Waals surface area contributed by atoms with Crippen LogP contribution in [-0.4, -0.2) is 22.6 Å². The fourth-order valence-corrected chi connectivity index (χ4v) is 2.72. The molecule has 3 rings (SSSR count). The number of ether oxygens (including phenoxy) is 1. The second-order valence-electron chi connectivity index (χ2n) is 5.31. The van der Waals surface area contributed by atoms with Gasteiger partial charge in [0.15, 0.2) is 11.6 Å². The first-order valence-electron chi connectivity index (χ1n) is 7.37. The van der Waals surface area contributed by atoms with Gasteiger partial charge in [-0.15, -0.1) is 0 Å². The minimum absolute atomic E-state index is 0.0381. The maximum absolute atomic E-state index is 12.6. The Kier molecular flexibility index (Phi) is 4.34. The van der Waals surface area contributed by atoms with Crippen LogP contribution in [-0.2, 0) is 9.53 Å². The predicted molar refractivity (Wildman–Crippen MR) is 82.4 cm³/mol. The number of amides is 1. The second-order valence-corrected chi connectivity index (χ2v) is 5.31. The van der Waals surface area contributed by atoms with Gasteiger partial charge in [-0.05, 0) is 30.5 Å². The lowest BCUT2D eigenvalue weighted by molar-refractivity contribution is -0.129. The molecule has 22 heavy (non-hydrogen) atoms. The van der Waals surface area contributed by atoms with Gasteiger partial charge in [-0.1, -0.05) is 30.3 Å². The van der Waals surface area contributed by atoms with Crippen molar-refractivity contribution in [3.63, 3.8) is 0 Å². The number of hydrogen-bond donors (Lipinski definition) is 2. The molecule has 1 fully saturated rings. The summed E-state index contributed by atoms with van der Waals surface area (Å²) in [5.74, 6) is -0.325. The van der Waals surface area contributed by atoms with Crippen LogP contribution in [0.2, 0.25) is 0 Å². The van der Waals surface area contributed by atoms with Crippen molar-refractivity contribution in [2.75, 3.05) is 11.9 Å². The van der Waals surface area contributed by atoms with E-state index >= 15 is 0 Å². The van der Waals surface area contributed by atoms with Gasteiger partial charge < -0.3 is 15.2 Å². The van der Waals surface area contributed by atoms with Gasteiger partial charge in [-0.25, -0.2) is 4.98 Å². The maximum atomic E-state index is 12.6. The van der Waals surface area contributed by atoms with Crippen molar-refractivity contribution in [3.8, 4) is 5.75 Å². The fraction of sp³-hybridized carbons (Fsp3) is 0.294. The molecular weight excluding hydrogens is 280 g/mol. The molecule has 0 saturated carbocycles. The van der Waals surface area contributed by atoms with E-state index in [1.807, 2.05) is 30.3 Å². The average molecular weight is 298 g/mol. The quantitative estimate of drug-likeness (QED) is 0.914. The van der Waals surface area contributed by atoms with Crippen molar-refractivity contribution in [2.24, 2.45) is 5.92 Å². The van der Waals surface area contributed by atoms with Gasteiger partial charge in [0.2, 0.25) is 5.91 Å². The fourth-order valence-electron chi connectivity index (χ4n) is 2.72. The van der Waals surface area contributed by atoms with Crippen molar-refractivity contribution in [1.29, 1.82) is 0 Å². The molecular formula is C17H18N2O3. The summed E-state index contributed by atoms with van der Waals surface area (Å²) in [6, 6.07) is 12.9. The zero-order valence-electron chi connectivity index (χ0n) is 12.1. The first-order chi connectivity index (χ1) is 10.8.